The Morgan fingerprint density at radius 2 is 1.38 bits per heavy atom. The number of benzene rings is 2. The molecule has 0 aromatic heterocycles. The van der Waals surface area contributed by atoms with Crippen molar-refractivity contribution in [3.8, 4) is 5.75 Å². The first-order valence-corrected chi connectivity index (χ1v) is 14.2. The number of allylic oxidation sites excluding steroid dienone is 4. The Kier molecular flexibility index (Phi) is 7.58. The predicted octanol–water partition coefficient (Wildman–Crippen LogP) is 8.06. The van der Waals surface area contributed by atoms with Crippen LogP contribution >= 0.6 is 34.8 Å². The zero-order valence-electron chi connectivity index (χ0n) is 22.8. The largest absolute Gasteiger partial charge is 0.481 e. The van der Waals surface area contributed by atoms with Gasteiger partial charge in [-0.2, -0.15) is 0 Å². The van der Waals surface area contributed by atoms with Gasteiger partial charge in [0.15, 0.2) is 23.9 Å². The van der Waals surface area contributed by atoms with E-state index >= 15 is 0 Å². The summed E-state index contributed by atoms with van der Waals surface area (Å²) in [6.07, 6.45) is 1.86. The highest BCUT2D eigenvalue weighted by atomic mass is 35.5. The summed E-state index contributed by atoms with van der Waals surface area (Å²) in [5, 5.41) is 3.61. The lowest BCUT2D eigenvalue weighted by Crippen LogP contribution is -2.37. The smallest absolute Gasteiger partial charge is 0.262 e. The first-order valence-electron chi connectivity index (χ1n) is 13.1. The molecule has 9 heteroatoms. The Morgan fingerprint density at radius 1 is 0.875 bits per heavy atom. The number of amides is 1. The molecule has 1 N–H and O–H groups in total. The molecule has 1 aliphatic heterocycles. The monoisotopic (exact) mass is 601 g/mol. The van der Waals surface area contributed by atoms with Crippen LogP contribution in [0.5, 0.6) is 5.75 Å². The molecule has 210 valence electrons. The molecular formula is C31H30Cl3NO5. The van der Waals surface area contributed by atoms with Crippen LogP contribution in [-0.4, -0.2) is 24.1 Å². The average Bonchev–Trinajstić information content (AvgIpc) is 2.82. The van der Waals surface area contributed by atoms with Crippen molar-refractivity contribution < 1.29 is 23.9 Å². The van der Waals surface area contributed by atoms with Gasteiger partial charge in [0.2, 0.25) is 0 Å². The molecule has 6 nitrogen and oxygen atoms in total. The van der Waals surface area contributed by atoms with Gasteiger partial charge in [-0.15, -0.1) is 0 Å². The van der Waals surface area contributed by atoms with Crippen molar-refractivity contribution in [2.24, 2.45) is 10.8 Å². The summed E-state index contributed by atoms with van der Waals surface area (Å²) in [6, 6.07) is 10.00. The Balaban J connectivity index is 1.47. The third-order valence-electron chi connectivity index (χ3n) is 7.41. The third kappa shape index (κ3) is 5.81. The number of carbonyl (C=O) groups is 3. The SMILES string of the molecule is CC1(C)CC(=O)C2=C(C1)OC1=C(C(=O)CC(C)(C)C1)C2c1cc(Cl)c(OCC(=O)Nc2ccc(Cl)cc2)c(Cl)c1. The van der Waals surface area contributed by atoms with E-state index in [0.717, 1.165) is 0 Å². The van der Waals surface area contributed by atoms with Crippen LogP contribution in [0.1, 0.15) is 64.9 Å². The molecule has 0 spiro atoms. The van der Waals surface area contributed by atoms with Crippen LogP contribution in [0.25, 0.3) is 0 Å². The Morgan fingerprint density at radius 3 is 1.88 bits per heavy atom. The number of rotatable bonds is 5. The maximum atomic E-state index is 13.5. The lowest BCUT2D eigenvalue weighted by atomic mass is 9.65. The number of carbonyl (C=O) groups excluding carboxylic acids is 3. The van der Waals surface area contributed by atoms with Gasteiger partial charge in [-0.1, -0.05) is 62.5 Å². The Bertz CT molecular complexity index is 1410. The maximum absolute atomic E-state index is 13.5. The summed E-state index contributed by atoms with van der Waals surface area (Å²) in [5.74, 6) is 0.227. The van der Waals surface area contributed by atoms with Crippen LogP contribution in [0.4, 0.5) is 5.69 Å². The van der Waals surface area contributed by atoms with Gasteiger partial charge in [-0.25, -0.2) is 0 Å². The molecule has 2 aliphatic carbocycles. The van der Waals surface area contributed by atoms with E-state index in [0.29, 0.717) is 64.6 Å². The summed E-state index contributed by atoms with van der Waals surface area (Å²) in [7, 11) is 0. The Hall–Kier alpha value is -2.80. The topological polar surface area (TPSA) is 81.7 Å². The second kappa shape index (κ2) is 10.6. The van der Waals surface area contributed by atoms with E-state index in [-0.39, 0.29) is 44.8 Å². The number of hydrogen-bond donors (Lipinski definition) is 1. The van der Waals surface area contributed by atoms with Gasteiger partial charge in [0.1, 0.15) is 11.5 Å². The van der Waals surface area contributed by atoms with Crippen LogP contribution in [0.15, 0.2) is 59.1 Å². The van der Waals surface area contributed by atoms with Gasteiger partial charge in [0.05, 0.1) is 10.0 Å². The number of hydrogen-bond acceptors (Lipinski definition) is 5. The molecule has 5 rings (SSSR count). The van der Waals surface area contributed by atoms with Crippen LogP contribution in [0, 0.1) is 10.8 Å². The fourth-order valence-corrected chi connectivity index (χ4v) is 6.50. The van der Waals surface area contributed by atoms with Gasteiger partial charge < -0.3 is 14.8 Å². The highest BCUT2D eigenvalue weighted by molar-refractivity contribution is 6.37. The van der Waals surface area contributed by atoms with E-state index in [1.54, 1.807) is 36.4 Å². The molecule has 3 aliphatic rings. The first-order chi connectivity index (χ1) is 18.7. The highest BCUT2D eigenvalue weighted by Crippen LogP contribution is 2.54. The standard InChI is InChI=1S/C31H30Cl3NO5/c1-30(2)11-21(36)27-23(13-30)40-24-14-31(3,4)12-22(37)28(24)26(27)16-9-19(33)29(20(34)10-16)39-15-25(38)35-18-7-5-17(32)6-8-18/h5-10,26H,11-15H2,1-4H3,(H,35,38). The second-order valence-corrected chi connectivity index (χ2v) is 13.5. The molecule has 0 saturated carbocycles. The van der Waals surface area contributed by atoms with Crippen LogP contribution in [0.3, 0.4) is 0 Å². The molecule has 1 amide bonds. The molecule has 0 unspecified atom stereocenters. The minimum Gasteiger partial charge on any atom is -0.481 e. The number of Topliss-reactive ketones (excluding diaryl/α,β-unsaturated/α-hetero) is 2. The number of halogens is 3. The zero-order chi connectivity index (χ0) is 29.0. The van der Waals surface area contributed by atoms with E-state index in [1.807, 2.05) is 27.7 Å². The number of anilines is 1. The van der Waals surface area contributed by atoms with Crippen molar-refractivity contribution in [1.29, 1.82) is 0 Å². The maximum Gasteiger partial charge on any atom is 0.262 e. The van der Waals surface area contributed by atoms with E-state index in [1.165, 1.54) is 0 Å². The molecular weight excluding hydrogens is 573 g/mol. The molecule has 0 fully saturated rings. The first kappa shape index (κ1) is 28.7. The lowest BCUT2D eigenvalue weighted by molar-refractivity contribution is -0.120. The quantitative estimate of drug-likeness (QED) is 0.374. The van der Waals surface area contributed by atoms with Crippen LogP contribution < -0.4 is 10.1 Å². The van der Waals surface area contributed by atoms with Crippen molar-refractivity contribution in [1.82, 2.24) is 0 Å². The lowest BCUT2D eigenvalue weighted by Gasteiger charge is -2.42. The molecule has 0 saturated heterocycles. The fraction of sp³-hybridized carbons (Fsp3) is 0.387. The zero-order valence-corrected chi connectivity index (χ0v) is 25.0. The van der Waals surface area contributed by atoms with E-state index in [9.17, 15) is 14.4 Å². The van der Waals surface area contributed by atoms with Gasteiger partial charge >= 0.3 is 0 Å². The molecule has 1 heterocycles. The predicted molar refractivity (Wildman–Crippen MR) is 156 cm³/mol. The molecule has 2 aromatic rings. The van der Waals surface area contributed by atoms with Crippen LogP contribution in [-0.2, 0) is 19.1 Å². The van der Waals surface area contributed by atoms with Crippen molar-refractivity contribution in [3.63, 3.8) is 0 Å². The van der Waals surface area contributed by atoms with Gasteiger partial charge in [-0.05, 0) is 52.8 Å². The van der Waals surface area contributed by atoms with E-state index in [2.05, 4.69) is 5.32 Å². The highest BCUT2D eigenvalue weighted by Gasteiger charge is 2.48. The third-order valence-corrected chi connectivity index (χ3v) is 8.22. The van der Waals surface area contributed by atoms with Crippen molar-refractivity contribution >= 4 is 58.0 Å². The Labute approximate surface area is 248 Å². The van der Waals surface area contributed by atoms with Crippen molar-refractivity contribution in [2.45, 2.75) is 59.3 Å². The molecule has 2 aromatic carbocycles. The molecule has 40 heavy (non-hydrogen) atoms. The van der Waals surface area contributed by atoms with Gasteiger partial charge in [0, 0.05) is 53.5 Å². The second-order valence-electron chi connectivity index (χ2n) is 12.2. The fourth-order valence-electron chi connectivity index (χ4n) is 5.76. The van der Waals surface area contributed by atoms with E-state index in [4.69, 9.17) is 44.3 Å². The summed E-state index contributed by atoms with van der Waals surface area (Å²) in [4.78, 5) is 39.5. The summed E-state index contributed by atoms with van der Waals surface area (Å²) in [6.45, 7) is 7.82. The number of ketones is 2. The summed E-state index contributed by atoms with van der Waals surface area (Å²) in [5.41, 5.74) is 1.65. The van der Waals surface area contributed by atoms with E-state index < -0.39 is 11.8 Å². The molecule has 0 radical (unpaired) electrons. The molecule has 0 atom stereocenters. The average molecular weight is 603 g/mol. The van der Waals surface area contributed by atoms with Crippen molar-refractivity contribution in [2.75, 3.05) is 11.9 Å². The summed E-state index contributed by atoms with van der Waals surface area (Å²) >= 11 is 19.2. The van der Waals surface area contributed by atoms with Gasteiger partial charge in [0.25, 0.3) is 5.91 Å². The minimum absolute atomic E-state index is 0.0492. The summed E-state index contributed by atoms with van der Waals surface area (Å²) < 4.78 is 12.0. The van der Waals surface area contributed by atoms with Crippen molar-refractivity contribution in [3.05, 3.63) is 79.7 Å². The minimum atomic E-state index is -0.636. The molecule has 0 bridgehead atoms. The normalized spacial score (nSPS) is 20.1. The number of nitrogens with one attached hydrogen (secondary N) is 1. The van der Waals surface area contributed by atoms with Crippen LogP contribution in [0.2, 0.25) is 15.1 Å². The number of ether oxygens (including phenoxy) is 2. The van der Waals surface area contributed by atoms with Gasteiger partial charge in [-0.3, -0.25) is 14.4 Å².